The van der Waals surface area contributed by atoms with Gasteiger partial charge in [0.25, 0.3) is 5.91 Å². The van der Waals surface area contributed by atoms with E-state index in [0.29, 0.717) is 78.6 Å². The molecule has 7 rings (SSSR count). The average Bonchev–Trinajstić information content (AvgIpc) is 3.86. The third-order valence-electron chi connectivity index (χ3n) is 9.29. The van der Waals surface area contributed by atoms with Gasteiger partial charge < -0.3 is 28.6 Å². The molecule has 12 heteroatoms. The molecule has 6 heterocycles. The standard InChI is InChI=1S/C36H37FN6O5/c1-36(2,3)48-35(45)43-18-24-16-42(17-25(24)19-43)34(44)23-12-30(46-4)32(40-15-23)31-13-28-33(47-31)27(7-9-39-28)21-5-6-29(22(11-21)14-38)41-10-8-26(37)20-41/h5-7,9,11-13,15,24-26H,8,10,16-20H2,1-4H3/t24?,25?,26-/m1/s1. The predicted molar refractivity (Wildman–Crippen MR) is 176 cm³/mol. The summed E-state index contributed by atoms with van der Waals surface area (Å²) in [5.74, 6) is 1.03. The number of halogens is 1. The third kappa shape index (κ3) is 5.89. The fourth-order valence-electron chi connectivity index (χ4n) is 7.01. The Morgan fingerprint density at radius 3 is 2.44 bits per heavy atom. The van der Waals surface area contributed by atoms with Crippen LogP contribution in [0.4, 0.5) is 14.9 Å². The van der Waals surface area contributed by atoms with Crippen LogP contribution in [0.1, 0.15) is 43.1 Å². The summed E-state index contributed by atoms with van der Waals surface area (Å²) in [5, 5.41) is 9.90. The molecule has 1 aromatic carbocycles. The molecule has 2 amide bonds. The number of aromatic nitrogens is 2. The zero-order valence-corrected chi connectivity index (χ0v) is 27.4. The van der Waals surface area contributed by atoms with Crippen LogP contribution in [0.2, 0.25) is 0 Å². The third-order valence-corrected chi connectivity index (χ3v) is 9.29. The van der Waals surface area contributed by atoms with E-state index in [1.165, 1.54) is 13.3 Å². The molecule has 3 aromatic heterocycles. The van der Waals surface area contributed by atoms with Crippen molar-refractivity contribution in [2.24, 2.45) is 11.8 Å². The number of methoxy groups -OCH3 is 1. The Morgan fingerprint density at radius 2 is 1.77 bits per heavy atom. The fraction of sp³-hybridized carbons (Fsp3) is 0.417. The highest BCUT2D eigenvalue weighted by atomic mass is 19.1. The number of furan rings is 1. The first kappa shape index (κ1) is 31.4. The molecule has 0 spiro atoms. The molecule has 0 saturated carbocycles. The largest absolute Gasteiger partial charge is 0.494 e. The van der Waals surface area contributed by atoms with E-state index in [2.05, 4.69) is 16.0 Å². The number of amides is 2. The average molecular weight is 653 g/mol. The van der Waals surface area contributed by atoms with Crippen LogP contribution in [0.25, 0.3) is 33.7 Å². The van der Waals surface area contributed by atoms with Crippen LogP contribution in [0, 0.1) is 23.2 Å². The molecule has 0 bridgehead atoms. The molecule has 4 aromatic rings. The summed E-state index contributed by atoms with van der Waals surface area (Å²) in [6, 6.07) is 13.1. The van der Waals surface area contributed by atoms with Crippen molar-refractivity contribution in [3.8, 4) is 34.4 Å². The van der Waals surface area contributed by atoms with E-state index in [1.54, 1.807) is 29.3 Å². The molecule has 0 radical (unpaired) electrons. The first-order valence-corrected chi connectivity index (χ1v) is 16.1. The van der Waals surface area contributed by atoms with Crippen molar-refractivity contribution in [2.75, 3.05) is 51.3 Å². The van der Waals surface area contributed by atoms with Crippen molar-refractivity contribution >= 4 is 28.8 Å². The van der Waals surface area contributed by atoms with Crippen LogP contribution < -0.4 is 9.64 Å². The predicted octanol–water partition coefficient (Wildman–Crippen LogP) is 5.92. The quantitative estimate of drug-likeness (QED) is 0.258. The molecule has 11 nitrogen and oxygen atoms in total. The number of rotatable bonds is 5. The molecule has 3 aliphatic rings. The van der Waals surface area contributed by atoms with Crippen LogP contribution >= 0.6 is 0 Å². The minimum atomic E-state index is -0.894. The molecule has 3 saturated heterocycles. The van der Waals surface area contributed by atoms with Crippen molar-refractivity contribution in [1.29, 1.82) is 5.26 Å². The van der Waals surface area contributed by atoms with Crippen molar-refractivity contribution in [2.45, 2.75) is 39.0 Å². The van der Waals surface area contributed by atoms with Gasteiger partial charge in [-0.1, -0.05) is 6.07 Å². The number of nitrogens with zero attached hydrogens (tertiary/aromatic N) is 6. The lowest BCUT2D eigenvalue weighted by Crippen LogP contribution is -2.38. The molecule has 3 aliphatic heterocycles. The summed E-state index contributed by atoms with van der Waals surface area (Å²) in [6.07, 6.45) is 2.45. The van der Waals surface area contributed by atoms with Crippen LogP contribution in [0.15, 0.2) is 53.2 Å². The number of benzene rings is 1. The Hall–Kier alpha value is -5.18. The van der Waals surface area contributed by atoms with Gasteiger partial charge in [-0.3, -0.25) is 9.78 Å². The second kappa shape index (κ2) is 12.1. The zero-order valence-electron chi connectivity index (χ0n) is 27.4. The van der Waals surface area contributed by atoms with Crippen LogP contribution in [0.5, 0.6) is 5.75 Å². The topological polar surface area (TPSA) is 125 Å². The SMILES string of the molecule is COc1cc(C(=O)N2CC3CN(C(=O)OC(C)(C)C)CC3C2)cnc1-c1cc2nccc(-c3ccc(N4CC[C@@H](F)C4)c(C#N)c3)c2o1. The van der Waals surface area contributed by atoms with E-state index in [9.17, 15) is 19.2 Å². The lowest BCUT2D eigenvalue weighted by molar-refractivity contribution is 0.0275. The number of anilines is 1. The number of nitriles is 1. The van der Waals surface area contributed by atoms with Crippen molar-refractivity contribution in [3.05, 3.63) is 59.9 Å². The minimum absolute atomic E-state index is 0.146. The van der Waals surface area contributed by atoms with E-state index >= 15 is 0 Å². The molecular formula is C36H37FN6O5. The molecular weight excluding hydrogens is 615 g/mol. The number of ether oxygens (including phenoxy) is 2. The summed E-state index contributed by atoms with van der Waals surface area (Å²) in [4.78, 5) is 40.7. The number of hydrogen-bond acceptors (Lipinski definition) is 9. The van der Waals surface area contributed by atoms with Gasteiger partial charge in [0.2, 0.25) is 0 Å². The maximum atomic E-state index is 13.9. The number of pyridine rings is 2. The lowest BCUT2D eigenvalue weighted by Gasteiger charge is -2.26. The van der Waals surface area contributed by atoms with Gasteiger partial charge in [-0.2, -0.15) is 5.26 Å². The number of alkyl halides is 1. The van der Waals surface area contributed by atoms with Crippen molar-refractivity contribution in [3.63, 3.8) is 0 Å². The van der Waals surface area contributed by atoms with Crippen LogP contribution in [0.3, 0.4) is 0 Å². The summed E-state index contributed by atoms with van der Waals surface area (Å²) in [5.41, 5.74) is 4.07. The summed E-state index contributed by atoms with van der Waals surface area (Å²) in [6.45, 7) is 8.63. The van der Waals surface area contributed by atoms with Gasteiger partial charge in [-0.25, -0.2) is 14.2 Å². The minimum Gasteiger partial charge on any atom is -0.494 e. The van der Waals surface area contributed by atoms with Gasteiger partial charge in [0, 0.05) is 75.1 Å². The molecule has 248 valence electrons. The molecule has 3 atom stereocenters. The molecule has 0 N–H and O–H groups in total. The summed E-state index contributed by atoms with van der Waals surface area (Å²) in [7, 11) is 1.52. The first-order valence-electron chi connectivity index (χ1n) is 16.1. The van der Waals surface area contributed by atoms with E-state index in [4.69, 9.17) is 13.9 Å². The second-order valence-corrected chi connectivity index (χ2v) is 13.7. The maximum Gasteiger partial charge on any atom is 0.410 e. The highest BCUT2D eigenvalue weighted by Crippen LogP contribution is 2.39. The van der Waals surface area contributed by atoms with E-state index < -0.39 is 11.8 Å². The van der Waals surface area contributed by atoms with E-state index in [0.717, 1.165) is 16.8 Å². The number of hydrogen-bond donors (Lipinski definition) is 0. The second-order valence-electron chi connectivity index (χ2n) is 13.7. The van der Waals surface area contributed by atoms with E-state index in [-0.39, 0.29) is 30.4 Å². The Morgan fingerprint density at radius 1 is 1.02 bits per heavy atom. The fourth-order valence-corrected chi connectivity index (χ4v) is 7.01. The summed E-state index contributed by atoms with van der Waals surface area (Å²) < 4.78 is 31.4. The van der Waals surface area contributed by atoms with Gasteiger partial charge in [0.15, 0.2) is 11.3 Å². The van der Waals surface area contributed by atoms with Gasteiger partial charge in [-0.15, -0.1) is 0 Å². The number of fused-ring (bicyclic) bond motifs is 2. The molecule has 3 fully saturated rings. The van der Waals surface area contributed by atoms with Crippen molar-refractivity contribution < 1.29 is 27.9 Å². The summed E-state index contributed by atoms with van der Waals surface area (Å²) >= 11 is 0. The normalized spacial score (nSPS) is 20.7. The van der Waals surface area contributed by atoms with Crippen LogP contribution in [-0.2, 0) is 4.74 Å². The first-order chi connectivity index (χ1) is 23.0. The van der Waals surface area contributed by atoms with Gasteiger partial charge in [0.05, 0.1) is 23.9 Å². The molecule has 0 aliphatic carbocycles. The Labute approximate surface area is 277 Å². The molecule has 48 heavy (non-hydrogen) atoms. The zero-order chi connectivity index (χ0) is 33.7. The van der Waals surface area contributed by atoms with E-state index in [1.807, 2.05) is 48.8 Å². The number of carbonyl (C=O) groups excluding carboxylic acids is 2. The number of likely N-dealkylation sites (tertiary alicyclic amines) is 2. The van der Waals surface area contributed by atoms with Gasteiger partial charge in [-0.05, 0) is 57.0 Å². The van der Waals surface area contributed by atoms with Gasteiger partial charge in [0.1, 0.15) is 34.8 Å². The maximum absolute atomic E-state index is 13.9. The lowest BCUT2D eigenvalue weighted by atomic mass is 10.0. The highest BCUT2D eigenvalue weighted by Gasteiger charge is 2.44. The van der Waals surface area contributed by atoms with Crippen molar-refractivity contribution in [1.82, 2.24) is 19.8 Å². The monoisotopic (exact) mass is 652 g/mol. The Balaban J connectivity index is 1.10. The van der Waals surface area contributed by atoms with Crippen LogP contribution in [-0.4, -0.2) is 89.9 Å². The number of carbonyl (C=O) groups is 2. The highest BCUT2D eigenvalue weighted by molar-refractivity contribution is 5.96. The smallest absolute Gasteiger partial charge is 0.410 e. The Bertz CT molecular complexity index is 1930. The Kier molecular flexibility index (Phi) is 7.93. The van der Waals surface area contributed by atoms with Gasteiger partial charge >= 0.3 is 6.09 Å². The molecule has 2 unspecified atom stereocenters.